The molecule has 0 fully saturated rings. The third-order valence-electron chi connectivity index (χ3n) is 7.03. The van der Waals surface area contributed by atoms with Crippen molar-refractivity contribution in [2.75, 3.05) is 13.2 Å². The molecule has 1 atom stereocenters. The van der Waals surface area contributed by atoms with Crippen molar-refractivity contribution in [1.82, 2.24) is 15.2 Å². The quantitative estimate of drug-likeness (QED) is 0.140. The molecule has 3 N–H and O–H groups in total. The molecular weight excluding hydrogens is 594 g/mol. The molecule has 0 aliphatic heterocycles. The molecule has 0 aliphatic carbocycles. The van der Waals surface area contributed by atoms with Crippen LogP contribution in [0.3, 0.4) is 0 Å². The third kappa shape index (κ3) is 7.87. The summed E-state index contributed by atoms with van der Waals surface area (Å²) in [6, 6.07) is 32.2. The second-order valence-corrected chi connectivity index (χ2v) is 11.0. The number of aliphatic carboxylic acids is 1. The van der Waals surface area contributed by atoms with E-state index in [0.717, 1.165) is 34.0 Å². The number of hydrogen-bond acceptors (Lipinski definition) is 4. The second-order valence-electron chi connectivity index (χ2n) is 10.1. The number of carbonyl (C=O) groups excluding carboxylic acids is 1. The molecule has 4 aromatic carbocycles. The molecule has 0 spiro atoms. The van der Waals surface area contributed by atoms with Crippen molar-refractivity contribution in [3.63, 3.8) is 0 Å². The highest BCUT2D eigenvalue weighted by molar-refractivity contribution is 9.10. The summed E-state index contributed by atoms with van der Waals surface area (Å²) in [5.41, 5.74) is 4.50. The Morgan fingerprint density at radius 2 is 1.57 bits per heavy atom. The van der Waals surface area contributed by atoms with Crippen molar-refractivity contribution in [3.8, 4) is 5.75 Å². The number of aromatic nitrogens is 1. The molecule has 0 bridgehead atoms. The van der Waals surface area contributed by atoms with Gasteiger partial charge in [0.2, 0.25) is 0 Å². The lowest BCUT2D eigenvalue weighted by Gasteiger charge is -2.23. The molecule has 1 unspecified atom stereocenters. The minimum Gasteiger partial charge on any atom is -0.492 e. The molecule has 5 aromatic rings. The largest absolute Gasteiger partial charge is 0.492 e. The van der Waals surface area contributed by atoms with Gasteiger partial charge in [0, 0.05) is 53.2 Å². The number of amides is 1. The highest BCUT2D eigenvalue weighted by Crippen LogP contribution is 2.24. The predicted molar refractivity (Wildman–Crippen MR) is 168 cm³/mol. The van der Waals surface area contributed by atoms with Gasteiger partial charge in [0.15, 0.2) is 0 Å². The zero-order valence-electron chi connectivity index (χ0n) is 23.0. The number of nitrogens with one attached hydrogen (secondary N) is 2. The molecule has 214 valence electrons. The number of carboxylic acids is 1. The van der Waals surface area contributed by atoms with Gasteiger partial charge in [-0.1, -0.05) is 82.7 Å². The first kappa shape index (κ1) is 29.1. The number of carboxylic acid groups (broad SMARTS) is 1. The monoisotopic (exact) mass is 625 g/mol. The fraction of sp³-hybridized carbons (Fsp3) is 0.176. The zero-order valence-corrected chi connectivity index (χ0v) is 24.6. The zero-order chi connectivity index (χ0) is 29.3. The summed E-state index contributed by atoms with van der Waals surface area (Å²) in [5.74, 6) is -1.02. The van der Waals surface area contributed by atoms with E-state index in [1.54, 1.807) is 30.5 Å². The van der Waals surface area contributed by atoms with Crippen molar-refractivity contribution in [3.05, 3.63) is 136 Å². The number of hydrogen-bond donors (Lipinski definition) is 3. The van der Waals surface area contributed by atoms with E-state index in [1.807, 2.05) is 54.6 Å². The van der Waals surface area contributed by atoms with Crippen LogP contribution in [0.4, 0.5) is 0 Å². The molecule has 0 saturated heterocycles. The Hall–Kier alpha value is -4.40. The van der Waals surface area contributed by atoms with Gasteiger partial charge in [-0.2, -0.15) is 0 Å². The summed E-state index contributed by atoms with van der Waals surface area (Å²) >= 11 is 3.46. The van der Waals surface area contributed by atoms with Crippen molar-refractivity contribution < 1.29 is 19.4 Å². The molecular formula is C34H32BrN3O4. The molecule has 1 aromatic heterocycles. The average Bonchev–Trinajstić information content (AvgIpc) is 3.39. The summed E-state index contributed by atoms with van der Waals surface area (Å²) in [5, 5.41) is 13.5. The van der Waals surface area contributed by atoms with Crippen LogP contribution < -0.4 is 10.1 Å². The summed E-state index contributed by atoms with van der Waals surface area (Å²) < 4.78 is 6.95. The number of benzene rings is 4. The smallest absolute Gasteiger partial charge is 0.326 e. The number of ether oxygens (including phenoxy) is 1. The number of aromatic amines is 1. The molecule has 0 radical (unpaired) electrons. The maximum absolute atomic E-state index is 13.1. The third-order valence-corrected chi connectivity index (χ3v) is 7.52. The first-order valence-corrected chi connectivity index (χ1v) is 14.6. The maximum Gasteiger partial charge on any atom is 0.326 e. The molecule has 1 amide bonds. The van der Waals surface area contributed by atoms with E-state index in [9.17, 15) is 14.7 Å². The second kappa shape index (κ2) is 14.0. The van der Waals surface area contributed by atoms with Crippen LogP contribution in [0.15, 0.2) is 114 Å². The summed E-state index contributed by atoms with van der Waals surface area (Å²) in [6.45, 7) is 2.68. The van der Waals surface area contributed by atoms with Crippen LogP contribution in [0.25, 0.3) is 10.9 Å². The number of halogens is 1. The van der Waals surface area contributed by atoms with E-state index in [-0.39, 0.29) is 6.42 Å². The predicted octanol–water partition coefficient (Wildman–Crippen LogP) is 6.44. The van der Waals surface area contributed by atoms with Crippen LogP contribution in [-0.4, -0.2) is 46.1 Å². The number of fused-ring (bicyclic) bond motifs is 1. The van der Waals surface area contributed by atoms with Gasteiger partial charge < -0.3 is 20.1 Å². The van der Waals surface area contributed by atoms with Crippen LogP contribution in [-0.2, 0) is 24.3 Å². The Kier molecular flexibility index (Phi) is 9.69. The normalized spacial score (nSPS) is 11.9. The van der Waals surface area contributed by atoms with Gasteiger partial charge in [-0.25, -0.2) is 4.79 Å². The lowest BCUT2D eigenvalue weighted by Crippen LogP contribution is -2.42. The molecule has 42 heavy (non-hydrogen) atoms. The van der Waals surface area contributed by atoms with E-state index in [0.29, 0.717) is 24.5 Å². The van der Waals surface area contributed by atoms with Crippen molar-refractivity contribution in [2.24, 2.45) is 0 Å². The summed E-state index contributed by atoms with van der Waals surface area (Å²) in [4.78, 5) is 30.6. The number of rotatable bonds is 13. The lowest BCUT2D eigenvalue weighted by molar-refractivity contribution is -0.139. The van der Waals surface area contributed by atoms with E-state index >= 15 is 0 Å². The Morgan fingerprint density at radius 1 is 0.881 bits per heavy atom. The highest BCUT2D eigenvalue weighted by atomic mass is 79.9. The van der Waals surface area contributed by atoms with Gasteiger partial charge in [0.1, 0.15) is 18.4 Å². The van der Waals surface area contributed by atoms with Crippen molar-refractivity contribution >= 4 is 38.7 Å². The van der Waals surface area contributed by atoms with Crippen LogP contribution in [0.2, 0.25) is 0 Å². The first-order chi connectivity index (χ1) is 20.4. The van der Waals surface area contributed by atoms with Gasteiger partial charge in [-0.15, -0.1) is 0 Å². The van der Waals surface area contributed by atoms with Crippen LogP contribution in [0.1, 0.15) is 27.0 Å². The Bertz CT molecular complexity index is 1600. The van der Waals surface area contributed by atoms with Gasteiger partial charge in [0.25, 0.3) is 5.91 Å². The molecule has 0 saturated carbocycles. The first-order valence-electron chi connectivity index (χ1n) is 13.8. The van der Waals surface area contributed by atoms with E-state index in [4.69, 9.17) is 4.74 Å². The molecule has 0 aliphatic rings. The minimum absolute atomic E-state index is 0.145. The van der Waals surface area contributed by atoms with Crippen molar-refractivity contribution in [1.29, 1.82) is 0 Å². The van der Waals surface area contributed by atoms with Crippen LogP contribution in [0, 0.1) is 0 Å². The average molecular weight is 627 g/mol. The summed E-state index contributed by atoms with van der Waals surface area (Å²) in [6.07, 6.45) is 1.93. The highest BCUT2D eigenvalue weighted by Gasteiger charge is 2.23. The Labute approximate surface area is 253 Å². The molecule has 8 heteroatoms. The van der Waals surface area contributed by atoms with E-state index in [1.165, 1.54) is 11.1 Å². The van der Waals surface area contributed by atoms with Gasteiger partial charge in [-0.05, 0) is 53.1 Å². The number of H-pyrrole nitrogens is 1. The van der Waals surface area contributed by atoms with Gasteiger partial charge >= 0.3 is 5.97 Å². The Balaban J connectivity index is 1.21. The van der Waals surface area contributed by atoms with Crippen LogP contribution >= 0.6 is 15.9 Å². The summed E-state index contributed by atoms with van der Waals surface area (Å²) in [7, 11) is 0. The van der Waals surface area contributed by atoms with E-state index in [2.05, 4.69) is 55.4 Å². The molecule has 7 nitrogen and oxygen atoms in total. The van der Waals surface area contributed by atoms with Gasteiger partial charge in [-0.3, -0.25) is 9.69 Å². The van der Waals surface area contributed by atoms with Gasteiger partial charge in [0.05, 0.1) is 0 Å². The van der Waals surface area contributed by atoms with Crippen molar-refractivity contribution in [2.45, 2.75) is 25.6 Å². The molecule has 5 rings (SSSR count). The van der Waals surface area contributed by atoms with E-state index < -0.39 is 17.9 Å². The molecule has 1 heterocycles. The topological polar surface area (TPSA) is 94.7 Å². The fourth-order valence-electron chi connectivity index (χ4n) is 4.90. The number of nitrogens with zero attached hydrogens (tertiary/aromatic N) is 1. The SMILES string of the molecule is O=C(NC(Cc1c[nH]c2ccc(Br)cc12)C(=O)O)c1cccc(OCCN(Cc2ccccc2)Cc2ccccc2)c1. The lowest BCUT2D eigenvalue weighted by atomic mass is 10.0. The fourth-order valence-corrected chi connectivity index (χ4v) is 5.26. The standard InChI is InChI=1S/C34H32BrN3O4/c35-28-14-15-31-30(20-28)27(21-36-31)19-32(34(40)41)37-33(39)26-12-7-13-29(18-26)42-17-16-38(22-24-8-3-1-4-9-24)23-25-10-5-2-6-11-25/h1-15,18,20-21,32,36H,16-17,19,22-23H2,(H,37,39)(H,40,41). The minimum atomic E-state index is -1.10. The maximum atomic E-state index is 13.1. The van der Waals surface area contributed by atoms with Crippen LogP contribution in [0.5, 0.6) is 5.75 Å². The number of carbonyl (C=O) groups is 2. The Morgan fingerprint density at radius 3 is 2.24 bits per heavy atom.